The van der Waals surface area contributed by atoms with Crippen LogP contribution in [0.5, 0.6) is 17.4 Å². The number of likely N-dealkylation sites (tertiary alicyclic amines) is 1. The highest BCUT2D eigenvalue weighted by Crippen LogP contribution is 2.29. The maximum atomic E-state index is 14.7. The second-order valence-corrected chi connectivity index (χ2v) is 8.90. The summed E-state index contributed by atoms with van der Waals surface area (Å²) in [6, 6.07) is 5.05. The summed E-state index contributed by atoms with van der Waals surface area (Å²) in [5.41, 5.74) is 2.27. The van der Waals surface area contributed by atoms with Gasteiger partial charge in [-0.2, -0.15) is 0 Å². The third-order valence-corrected chi connectivity index (χ3v) is 6.67. The number of carbonyl (C=O) groups is 1. The Hall–Kier alpha value is -2.99. The van der Waals surface area contributed by atoms with E-state index in [1.807, 2.05) is 6.07 Å². The van der Waals surface area contributed by atoms with Crippen LogP contribution in [-0.2, 0) is 17.8 Å². The van der Waals surface area contributed by atoms with E-state index in [4.69, 9.17) is 14.2 Å². The lowest BCUT2D eigenvalue weighted by molar-refractivity contribution is -0.144. The molecule has 5 heterocycles. The summed E-state index contributed by atoms with van der Waals surface area (Å²) in [4.78, 5) is 27.0. The number of pyridine rings is 3. The van der Waals surface area contributed by atoms with E-state index < -0.39 is 17.7 Å². The molecule has 3 aromatic heterocycles. The van der Waals surface area contributed by atoms with Crippen molar-refractivity contribution in [1.82, 2.24) is 25.2 Å². The maximum absolute atomic E-state index is 14.7. The Morgan fingerprint density at radius 2 is 2.00 bits per heavy atom. The molecule has 0 bridgehead atoms. The summed E-state index contributed by atoms with van der Waals surface area (Å²) >= 11 is 0. The normalized spacial score (nSPS) is 18.8. The molecule has 0 aromatic carbocycles. The van der Waals surface area contributed by atoms with Gasteiger partial charge in [-0.05, 0) is 25.5 Å². The molecule has 2 atom stereocenters. The molecule has 10 nitrogen and oxygen atoms in total. The highest BCUT2D eigenvalue weighted by molar-refractivity contribution is 5.85. The van der Waals surface area contributed by atoms with E-state index in [0.29, 0.717) is 86.2 Å². The van der Waals surface area contributed by atoms with Crippen LogP contribution in [0, 0.1) is 11.7 Å². The van der Waals surface area contributed by atoms with Gasteiger partial charge in [0.1, 0.15) is 19.0 Å². The van der Waals surface area contributed by atoms with Crippen molar-refractivity contribution in [3.05, 3.63) is 47.7 Å². The fourth-order valence-corrected chi connectivity index (χ4v) is 4.74. The van der Waals surface area contributed by atoms with Gasteiger partial charge in [0, 0.05) is 43.4 Å². The molecule has 1 unspecified atom stereocenters. The molecule has 0 saturated carbocycles. The zero-order chi connectivity index (χ0) is 25.1. The van der Waals surface area contributed by atoms with Crippen LogP contribution >= 0.6 is 24.8 Å². The number of aromatic nitrogens is 3. The Balaban J connectivity index is 0.00000200. The minimum absolute atomic E-state index is 0. The Morgan fingerprint density at radius 1 is 1.21 bits per heavy atom. The zero-order valence-corrected chi connectivity index (χ0v) is 22.4. The topological polar surface area (TPSA) is 119 Å². The number of nitrogens with zero attached hydrogens (tertiary/aromatic N) is 4. The summed E-state index contributed by atoms with van der Waals surface area (Å²) in [6.45, 7) is 2.98. The molecule has 2 aliphatic heterocycles. The van der Waals surface area contributed by atoms with Gasteiger partial charge >= 0.3 is 5.97 Å². The third kappa shape index (κ3) is 6.52. The van der Waals surface area contributed by atoms with Crippen LogP contribution in [-0.4, -0.2) is 76.9 Å². The molecular weight excluding hydrogens is 540 g/mol. The van der Waals surface area contributed by atoms with E-state index in [1.54, 1.807) is 18.3 Å². The smallest absolute Gasteiger partial charge is 0.309 e. The summed E-state index contributed by atoms with van der Waals surface area (Å²) in [6.07, 6.45) is 3.87. The SMILES string of the molecule is COc1ccc2ncc(F)c(CCN3CC[C@H](NCc4cc5c(cn4)OCCO5)C(C(=O)O)C3)c2n1.Cl.Cl. The minimum Gasteiger partial charge on any atom is -0.486 e. The molecule has 1 fully saturated rings. The average molecular weight is 570 g/mol. The molecule has 38 heavy (non-hydrogen) atoms. The zero-order valence-electron chi connectivity index (χ0n) is 20.8. The third-order valence-electron chi connectivity index (χ3n) is 6.67. The van der Waals surface area contributed by atoms with Gasteiger partial charge in [0.2, 0.25) is 5.88 Å². The second kappa shape index (κ2) is 13.2. The van der Waals surface area contributed by atoms with Gasteiger partial charge in [0.05, 0.1) is 42.1 Å². The van der Waals surface area contributed by atoms with Gasteiger partial charge in [-0.25, -0.2) is 9.37 Å². The number of methoxy groups -OCH3 is 1. The quantitative estimate of drug-likeness (QED) is 0.419. The standard InChI is InChI=1S/C25H28FN5O5.2ClH/c1-34-23-3-2-20-24(30-23)16(18(26)12-29-20)4-6-31-7-5-19(17(14-31)25(32)33)28-11-15-10-21-22(13-27-15)36-9-8-35-21;;/h2-3,10,12-13,17,19,28H,4-9,11,14H2,1H3,(H,32,33);2*1H/t17?,19-;;/m0../s1. The van der Waals surface area contributed by atoms with Crippen LogP contribution in [0.2, 0.25) is 0 Å². The van der Waals surface area contributed by atoms with Crippen LogP contribution in [0.25, 0.3) is 11.0 Å². The lowest BCUT2D eigenvalue weighted by Crippen LogP contribution is -2.52. The fraction of sp³-hybridized carbons (Fsp3) is 0.440. The number of rotatable bonds is 8. The van der Waals surface area contributed by atoms with Gasteiger partial charge in [0.15, 0.2) is 11.5 Å². The van der Waals surface area contributed by atoms with Gasteiger partial charge in [-0.1, -0.05) is 0 Å². The Morgan fingerprint density at radius 3 is 2.76 bits per heavy atom. The van der Waals surface area contributed by atoms with Crippen LogP contribution < -0.4 is 19.5 Å². The molecule has 2 aliphatic rings. The van der Waals surface area contributed by atoms with E-state index in [-0.39, 0.29) is 30.9 Å². The first kappa shape index (κ1) is 29.6. The molecular formula is C25H30Cl2FN5O5. The Labute approximate surface area is 231 Å². The molecule has 3 aromatic rings. The minimum atomic E-state index is -0.862. The molecule has 2 N–H and O–H groups in total. The lowest BCUT2D eigenvalue weighted by Gasteiger charge is -2.37. The van der Waals surface area contributed by atoms with Gasteiger partial charge in [-0.15, -0.1) is 24.8 Å². The number of carboxylic acid groups (broad SMARTS) is 1. The number of piperidine rings is 1. The highest BCUT2D eigenvalue weighted by atomic mass is 35.5. The molecule has 1 saturated heterocycles. The number of carboxylic acids is 1. The fourth-order valence-electron chi connectivity index (χ4n) is 4.74. The number of ether oxygens (including phenoxy) is 3. The first-order valence-corrected chi connectivity index (χ1v) is 11.9. The molecule has 0 radical (unpaired) electrons. The maximum Gasteiger partial charge on any atom is 0.309 e. The van der Waals surface area contributed by atoms with Crippen molar-refractivity contribution in [1.29, 1.82) is 0 Å². The van der Waals surface area contributed by atoms with Crippen LogP contribution in [0.15, 0.2) is 30.6 Å². The number of hydrogen-bond donors (Lipinski definition) is 2. The van der Waals surface area contributed by atoms with E-state index in [9.17, 15) is 14.3 Å². The van der Waals surface area contributed by atoms with E-state index in [2.05, 4.69) is 25.2 Å². The number of halogens is 3. The monoisotopic (exact) mass is 569 g/mol. The van der Waals surface area contributed by atoms with Crippen molar-refractivity contribution in [2.24, 2.45) is 5.92 Å². The predicted molar refractivity (Wildman–Crippen MR) is 142 cm³/mol. The number of hydrogen-bond acceptors (Lipinski definition) is 9. The van der Waals surface area contributed by atoms with E-state index in [0.717, 1.165) is 5.69 Å². The molecule has 5 rings (SSSR count). The molecule has 13 heteroatoms. The summed E-state index contributed by atoms with van der Waals surface area (Å²) in [7, 11) is 1.51. The van der Waals surface area contributed by atoms with Crippen molar-refractivity contribution in [2.75, 3.05) is 40.0 Å². The highest BCUT2D eigenvalue weighted by Gasteiger charge is 2.34. The van der Waals surface area contributed by atoms with Crippen molar-refractivity contribution in [2.45, 2.75) is 25.4 Å². The Bertz CT molecular complexity index is 1270. The summed E-state index contributed by atoms with van der Waals surface area (Å²) in [5.74, 6) is -0.232. The first-order valence-electron chi connectivity index (χ1n) is 11.9. The van der Waals surface area contributed by atoms with Crippen LogP contribution in [0.1, 0.15) is 17.7 Å². The number of fused-ring (bicyclic) bond motifs is 2. The van der Waals surface area contributed by atoms with Crippen LogP contribution in [0.4, 0.5) is 4.39 Å². The number of aliphatic carboxylic acids is 1. The van der Waals surface area contributed by atoms with Gasteiger partial charge in [-0.3, -0.25) is 14.8 Å². The van der Waals surface area contributed by atoms with Crippen LogP contribution in [0.3, 0.4) is 0 Å². The largest absolute Gasteiger partial charge is 0.486 e. The predicted octanol–water partition coefficient (Wildman–Crippen LogP) is 2.89. The van der Waals surface area contributed by atoms with Crippen molar-refractivity contribution in [3.63, 3.8) is 0 Å². The van der Waals surface area contributed by atoms with Crippen molar-refractivity contribution in [3.8, 4) is 17.4 Å². The molecule has 0 spiro atoms. The Kier molecular flexibility index (Phi) is 10.3. The lowest BCUT2D eigenvalue weighted by atomic mass is 9.91. The summed E-state index contributed by atoms with van der Waals surface area (Å²) in [5, 5.41) is 13.3. The van der Waals surface area contributed by atoms with Gasteiger partial charge < -0.3 is 29.5 Å². The van der Waals surface area contributed by atoms with Crippen molar-refractivity contribution >= 4 is 41.8 Å². The van der Waals surface area contributed by atoms with Crippen molar-refractivity contribution < 1.29 is 28.5 Å². The molecule has 0 amide bonds. The van der Waals surface area contributed by atoms with E-state index in [1.165, 1.54) is 13.3 Å². The number of nitrogens with one attached hydrogen (secondary N) is 1. The second-order valence-electron chi connectivity index (χ2n) is 8.90. The summed E-state index contributed by atoms with van der Waals surface area (Å²) < 4.78 is 30.9. The molecule has 206 valence electrons. The van der Waals surface area contributed by atoms with E-state index >= 15 is 0 Å². The van der Waals surface area contributed by atoms with Gasteiger partial charge in [0.25, 0.3) is 0 Å². The average Bonchev–Trinajstić information content (AvgIpc) is 2.91. The molecule has 0 aliphatic carbocycles. The first-order chi connectivity index (χ1) is 17.5.